The normalized spacial score (nSPS) is 15.7. The SMILES string of the molecule is CCNc1ccc(C(c2ccc(C)c(CN3CCOc4ccccc4S3(=O)=O)c2)C(C)(C)NC(=O)CSC)c(C)c1N. The number of aryl methyl sites for hydroxylation is 1. The van der Waals surface area contributed by atoms with Gasteiger partial charge in [-0.05, 0) is 86.9 Å². The van der Waals surface area contributed by atoms with Gasteiger partial charge in [-0.2, -0.15) is 16.1 Å². The topological polar surface area (TPSA) is 114 Å². The largest absolute Gasteiger partial charge is 0.491 e. The van der Waals surface area contributed by atoms with E-state index in [0.29, 0.717) is 17.2 Å². The van der Waals surface area contributed by atoms with Crippen LogP contribution in [0.1, 0.15) is 54.5 Å². The molecule has 8 nitrogen and oxygen atoms in total. The molecule has 0 spiro atoms. The van der Waals surface area contributed by atoms with Gasteiger partial charge in [0.2, 0.25) is 15.9 Å². The number of para-hydroxylation sites is 1. The van der Waals surface area contributed by atoms with Gasteiger partial charge in [0, 0.05) is 31.1 Å². The zero-order chi connectivity index (χ0) is 30.7. The summed E-state index contributed by atoms with van der Waals surface area (Å²) in [4.78, 5) is 13.0. The molecule has 0 saturated carbocycles. The first-order chi connectivity index (χ1) is 19.9. The van der Waals surface area contributed by atoms with Crippen LogP contribution in [0.15, 0.2) is 59.5 Å². The third-order valence-electron chi connectivity index (χ3n) is 7.81. The molecule has 1 unspecified atom stereocenters. The number of nitrogen functional groups attached to an aromatic ring is 1. The minimum atomic E-state index is -3.77. The molecule has 0 bridgehead atoms. The highest BCUT2D eigenvalue weighted by Crippen LogP contribution is 2.41. The number of hydrogen-bond acceptors (Lipinski definition) is 7. The second-order valence-corrected chi connectivity index (χ2v) is 14.0. The van der Waals surface area contributed by atoms with Gasteiger partial charge >= 0.3 is 0 Å². The molecule has 0 radical (unpaired) electrons. The Kier molecular flexibility index (Phi) is 9.80. The van der Waals surface area contributed by atoms with Gasteiger partial charge in [-0.25, -0.2) is 8.42 Å². The molecule has 1 atom stereocenters. The van der Waals surface area contributed by atoms with Crippen molar-refractivity contribution in [1.82, 2.24) is 9.62 Å². The monoisotopic (exact) mass is 610 g/mol. The minimum absolute atomic E-state index is 0.0472. The van der Waals surface area contributed by atoms with Crippen molar-refractivity contribution < 1.29 is 17.9 Å². The molecule has 0 aliphatic carbocycles. The van der Waals surface area contributed by atoms with Crippen molar-refractivity contribution in [2.75, 3.05) is 42.8 Å². The Labute approximate surface area is 254 Å². The molecule has 1 aliphatic heterocycles. The number of benzene rings is 3. The van der Waals surface area contributed by atoms with Gasteiger partial charge in [-0.1, -0.05) is 36.4 Å². The highest BCUT2D eigenvalue weighted by Gasteiger charge is 2.36. The number of thioether (sulfide) groups is 1. The van der Waals surface area contributed by atoms with Crippen LogP contribution in [0.5, 0.6) is 5.75 Å². The first kappa shape index (κ1) is 31.7. The summed E-state index contributed by atoms with van der Waals surface area (Å²) in [5.74, 6) is 0.424. The summed E-state index contributed by atoms with van der Waals surface area (Å²) in [5.41, 5.74) is 12.2. The first-order valence-electron chi connectivity index (χ1n) is 14.1. The van der Waals surface area contributed by atoms with Crippen molar-refractivity contribution in [3.63, 3.8) is 0 Å². The fraction of sp³-hybridized carbons (Fsp3) is 0.406. The molecule has 1 amide bonds. The Morgan fingerprint density at radius 1 is 1.14 bits per heavy atom. The summed E-state index contributed by atoms with van der Waals surface area (Å²) in [7, 11) is -3.77. The fourth-order valence-corrected chi connectivity index (χ4v) is 7.55. The molecule has 10 heteroatoms. The van der Waals surface area contributed by atoms with E-state index in [9.17, 15) is 13.2 Å². The predicted octanol–water partition coefficient (Wildman–Crippen LogP) is 5.29. The Morgan fingerprint density at radius 3 is 2.60 bits per heavy atom. The Morgan fingerprint density at radius 2 is 1.88 bits per heavy atom. The molecule has 4 N–H and O–H groups in total. The molecular weight excluding hydrogens is 569 g/mol. The van der Waals surface area contributed by atoms with Gasteiger partial charge in [-0.3, -0.25) is 4.79 Å². The molecule has 226 valence electrons. The van der Waals surface area contributed by atoms with Gasteiger partial charge < -0.3 is 21.1 Å². The van der Waals surface area contributed by atoms with Gasteiger partial charge in [0.05, 0.1) is 17.1 Å². The highest BCUT2D eigenvalue weighted by molar-refractivity contribution is 7.99. The molecule has 4 rings (SSSR count). The standard InChI is InChI=1S/C32H42N4O4S2/c1-7-34-26-15-14-25(22(3)31(26)33)30(32(4,5)35-29(37)20-41-6)23-13-12-21(2)24(18-23)19-36-16-17-40-27-10-8-9-11-28(27)42(36,38)39/h8-15,18,30,34H,7,16-17,19-20,33H2,1-6H3,(H,35,37). The highest BCUT2D eigenvalue weighted by atomic mass is 32.2. The molecule has 1 aliphatic rings. The average Bonchev–Trinajstić information content (AvgIpc) is 3.05. The van der Waals surface area contributed by atoms with Crippen molar-refractivity contribution >= 4 is 39.1 Å². The number of anilines is 2. The van der Waals surface area contributed by atoms with E-state index in [1.165, 1.54) is 16.1 Å². The summed E-state index contributed by atoms with van der Waals surface area (Å²) in [6, 6.07) is 17.0. The Balaban J connectivity index is 1.80. The summed E-state index contributed by atoms with van der Waals surface area (Å²) >= 11 is 1.47. The second-order valence-electron chi connectivity index (χ2n) is 11.2. The Bertz CT molecular complexity index is 1560. The number of ether oxygens (including phenoxy) is 1. The van der Waals surface area contributed by atoms with Crippen LogP contribution in [0, 0.1) is 13.8 Å². The van der Waals surface area contributed by atoms with E-state index in [0.717, 1.165) is 40.0 Å². The summed E-state index contributed by atoms with van der Waals surface area (Å²) < 4.78 is 34.6. The molecule has 42 heavy (non-hydrogen) atoms. The van der Waals surface area contributed by atoms with Gasteiger partial charge in [-0.15, -0.1) is 0 Å². The van der Waals surface area contributed by atoms with E-state index in [-0.39, 0.29) is 36.4 Å². The maximum atomic E-state index is 13.7. The van der Waals surface area contributed by atoms with E-state index in [1.807, 2.05) is 53.0 Å². The van der Waals surface area contributed by atoms with Crippen molar-refractivity contribution in [1.29, 1.82) is 0 Å². The van der Waals surface area contributed by atoms with Crippen molar-refractivity contribution in [3.05, 3.63) is 82.4 Å². The zero-order valence-electron chi connectivity index (χ0n) is 25.3. The summed E-state index contributed by atoms with van der Waals surface area (Å²) in [5, 5.41) is 6.57. The van der Waals surface area contributed by atoms with Gasteiger partial charge in [0.25, 0.3) is 0 Å². The number of nitrogens with two attached hydrogens (primary N) is 1. The number of carbonyl (C=O) groups excluding carboxylic acids is 1. The molecule has 1 heterocycles. The van der Waals surface area contributed by atoms with Crippen molar-refractivity contribution in [2.24, 2.45) is 0 Å². The molecule has 3 aromatic rings. The third kappa shape index (κ3) is 6.55. The lowest BCUT2D eigenvalue weighted by Gasteiger charge is -2.38. The number of fused-ring (bicyclic) bond motifs is 1. The lowest BCUT2D eigenvalue weighted by atomic mass is 9.74. The summed E-state index contributed by atoms with van der Waals surface area (Å²) in [6.45, 7) is 11.5. The quantitative estimate of drug-likeness (QED) is 0.267. The van der Waals surface area contributed by atoms with E-state index in [4.69, 9.17) is 10.5 Å². The van der Waals surface area contributed by atoms with Crippen LogP contribution in [0.25, 0.3) is 0 Å². The number of carbonyl (C=O) groups is 1. The van der Waals surface area contributed by atoms with Crippen LogP contribution < -0.4 is 21.1 Å². The molecule has 0 fully saturated rings. The third-order valence-corrected chi connectivity index (χ3v) is 10.2. The number of nitrogens with one attached hydrogen (secondary N) is 2. The van der Waals surface area contributed by atoms with Crippen molar-refractivity contribution in [2.45, 2.75) is 57.5 Å². The second kappa shape index (κ2) is 13.0. The van der Waals surface area contributed by atoms with Gasteiger partial charge in [0.15, 0.2) is 0 Å². The van der Waals surface area contributed by atoms with Crippen LogP contribution in [0.4, 0.5) is 11.4 Å². The predicted molar refractivity (Wildman–Crippen MR) is 173 cm³/mol. The van der Waals surface area contributed by atoms with Crippen LogP contribution in [0.3, 0.4) is 0 Å². The number of nitrogens with zero attached hydrogens (tertiary/aromatic N) is 1. The fourth-order valence-electron chi connectivity index (χ4n) is 5.68. The van der Waals surface area contributed by atoms with Crippen LogP contribution >= 0.6 is 11.8 Å². The summed E-state index contributed by atoms with van der Waals surface area (Å²) in [6.07, 6.45) is 1.90. The van der Waals surface area contributed by atoms with E-state index in [2.05, 4.69) is 28.8 Å². The molecule has 3 aromatic carbocycles. The maximum Gasteiger partial charge on any atom is 0.247 e. The average molecular weight is 611 g/mol. The van der Waals surface area contributed by atoms with Crippen LogP contribution in [0.2, 0.25) is 0 Å². The number of sulfonamides is 1. The first-order valence-corrected chi connectivity index (χ1v) is 17.0. The smallest absolute Gasteiger partial charge is 0.247 e. The van der Waals surface area contributed by atoms with E-state index in [1.54, 1.807) is 24.3 Å². The van der Waals surface area contributed by atoms with Crippen LogP contribution in [-0.4, -0.2) is 55.9 Å². The van der Waals surface area contributed by atoms with E-state index >= 15 is 0 Å². The van der Waals surface area contributed by atoms with Crippen LogP contribution in [-0.2, 0) is 21.4 Å². The molecule has 0 aromatic heterocycles. The number of amides is 1. The van der Waals surface area contributed by atoms with Crippen molar-refractivity contribution in [3.8, 4) is 5.75 Å². The number of rotatable bonds is 10. The Hall–Kier alpha value is -3.21. The zero-order valence-corrected chi connectivity index (χ0v) is 26.9. The molecule has 0 saturated heterocycles. The minimum Gasteiger partial charge on any atom is -0.491 e. The number of hydrogen-bond donors (Lipinski definition) is 3. The van der Waals surface area contributed by atoms with Gasteiger partial charge in [0.1, 0.15) is 17.3 Å². The maximum absolute atomic E-state index is 13.7. The lowest BCUT2D eigenvalue weighted by molar-refractivity contribution is -0.120. The lowest BCUT2D eigenvalue weighted by Crippen LogP contribution is -2.49. The molecular formula is C32H42N4O4S2. The van der Waals surface area contributed by atoms with E-state index < -0.39 is 15.6 Å².